The maximum Gasteiger partial charge on any atom is 0.164 e. The monoisotopic (exact) mass is 625 g/mol. The Balaban J connectivity index is 1.09. The van der Waals surface area contributed by atoms with E-state index in [1.807, 2.05) is 36.4 Å². The lowest BCUT2D eigenvalue weighted by Gasteiger charge is -2.09. The number of hydrogen-bond acceptors (Lipinski definition) is 4. The van der Waals surface area contributed by atoms with Crippen LogP contribution in [0.1, 0.15) is 0 Å². The summed E-state index contributed by atoms with van der Waals surface area (Å²) in [5.74, 6) is 1.86. The summed E-state index contributed by atoms with van der Waals surface area (Å²) in [5.41, 5.74) is 6.72. The fraction of sp³-hybridized carbons (Fsp3) is 0. The number of benzene rings is 8. The van der Waals surface area contributed by atoms with Crippen molar-refractivity contribution in [3.63, 3.8) is 0 Å². The summed E-state index contributed by atoms with van der Waals surface area (Å²) in [7, 11) is 0. The van der Waals surface area contributed by atoms with E-state index < -0.39 is 0 Å². The molecule has 10 aromatic rings. The van der Waals surface area contributed by atoms with E-state index in [1.54, 1.807) is 0 Å². The SMILES string of the molecule is c1ccc(-c2nc(-c3ccc4ccccc4c3)nc(-c3ccc4c(c3)oc3ccc(-c5ccc6ccc7ccccc7c6c5)cc34)n2)cc1. The number of aromatic nitrogens is 3. The number of fused-ring (bicyclic) bond motifs is 7. The molecule has 4 heteroatoms. The van der Waals surface area contributed by atoms with E-state index in [4.69, 9.17) is 19.4 Å². The predicted molar refractivity (Wildman–Crippen MR) is 201 cm³/mol. The van der Waals surface area contributed by atoms with Gasteiger partial charge < -0.3 is 4.42 Å². The van der Waals surface area contributed by atoms with Gasteiger partial charge in [0, 0.05) is 27.5 Å². The summed E-state index contributed by atoms with van der Waals surface area (Å²) >= 11 is 0. The Kier molecular flexibility index (Phi) is 6.15. The summed E-state index contributed by atoms with van der Waals surface area (Å²) in [4.78, 5) is 14.9. The average molecular weight is 626 g/mol. The Hall–Kier alpha value is -6.65. The molecular formula is C45H27N3O. The van der Waals surface area contributed by atoms with Crippen molar-refractivity contribution in [2.75, 3.05) is 0 Å². The van der Waals surface area contributed by atoms with Gasteiger partial charge in [0.1, 0.15) is 11.2 Å². The molecule has 0 amide bonds. The van der Waals surface area contributed by atoms with E-state index in [0.29, 0.717) is 17.5 Å². The zero-order valence-corrected chi connectivity index (χ0v) is 26.3. The number of nitrogens with zero attached hydrogens (tertiary/aromatic N) is 3. The molecule has 0 aliphatic carbocycles. The van der Waals surface area contributed by atoms with Crippen molar-refractivity contribution in [3.05, 3.63) is 164 Å². The number of rotatable bonds is 4. The van der Waals surface area contributed by atoms with Crippen molar-refractivity contribution in [2.45, 2.75) is 0 Å². The third kappa shape index (κ3) is 4.73. The lowest BCUT2D eigenvalue weighted by Crippen LogP contribution is -2.00. The summed E-state index contributed by atoms with van der Waals surface area (Å²) in [6, 6.07) is 57.1. The van der Waals surface area contributed by atoms with Crippen LogP contribution in [-0.2, 0) is 0 Å². The van der Waals surface area contributed by atoms with E-state index in [-0.39, 0.29) is 0 Å². The van der Waals surface area contributed by atoms with Gasteiger partial charge in [-0.15, -0.1) is 0 Å². The summed E-state index contributed by atoms with van der Waals surface area (Å²) in [6.45, 7) is 0. The Morgan fingerprint density at radius 1 is 0.286 bits per heavy atom. The minimum atomic E-state index is 0.600. The third-order valence-electron chi connectivity index (χ3n) is 9.48. The summed E-state index contributed by atoms with van der Waals surface area (Å²) in [6.07, 6.45) is 0. The van der Waals surface area contributed by atoms with Crippen molar-refractivity contribution in [3.8, 4) is 45.3 Å². The van der Waals surface area contributed by atoms with Crippen molar-refractivity contribution >= 4 is 54.3 Å². The minimum absolute atomic E-state index is 0.600. The molecule has 0 fully saturated rings. The highest BCUT2D eigenvalue weighted by atomic mass is 16.3. The molecule has 0 saturated heterocycles. The van der Waals surface area contributed by atoms with Crippen LogP contribution in [0.25, 0.3) is 99.5 Å². The summed E-state index contributed by atoms with van der Waals surface area (Å²) < 4.78 is 6.44. The molecule has 0 spiro atoms. The molecule has 0 aliphatic rings. The highest BCUT2D eigenvalue weighted by molar-refractivity contribution is 6.10. The lowest BCUT2D eigenvalue weighted by molar-refractivity contribution is 0.669. The second-order valence-corrected chi connectivity index (χ2v) is 12.5. The van der Waals surface area contributed by atoms with Crippen LogP contribution >= 0.6 is 0 Å². The topological polar surface area (TPSA) is 51.8 Å². The first kappa shape index (κ1) is 27.5. The second kappa shape index (κ2) is 11.0. The first-order valence-electron chi connectivity index (χ1n) is 16.4. The minimum Gasteiger partial charge on any atom is -0.456 e. The smallest absolute Gasteiger partial charge is 0.164 e. The van der Waals surface area contributed by atoms with E-state index in [9.17, 15) is 0 Å². The normalized spacial score (nSPS) is 11.7. The Labute approximate surface area is 282 Å². The van der Waals surface area contributed by atoms with Crippen molar-refractivity contribution in [1.82, 2.24) is 15.0 Å². The van der Waals surface area contributed by atoms with Gasteiger partial charge in [-0.2, -0.15) is 0 Å². The van der Waals surface area contributed by atoms with E-state index in [2.05, 4.69) is 127 Å². The molecule has 49 heavy (non-hydrogen) atoms. The predicted octanol–water partition coefficient (Wildman–Crippen LogP) is 11.9. The largest absolute Gasteiger partial charge is 0.456 e. The maximum absolute atomic E-state index is 6.44. The van der Waals surface area contributed by atoms with Crippen LogP contribution in [0.5, 0.6) is 0 Å². The van der Waals surface area contributed by atoms with E-state index in [0.717, 1.165) is 49.6 Å². The zero-order valence-electron chi connectivity index (χ0n) is 26.3. The Morgan fingerprint density at radius 3 is 1.65 bits per heavy atom. The highest BCUT2D eigenvalue weighted by Gasteiger charge is 2.16. The van der Waals surface area contributed by atoms with Gasteiger partial charge in [0.25, 0.3) is 0 Å². The molecule has 2 heterocycles. The van der Waals surface area contributed by atoms with Crippen molar-refractivity contribution < 1.29 is 4.42 Å². The molecule has 0 N–H and O–H groups in total. The molecule has 0 radical (unpaired) electrons. The number of hydrogen-bond donors (Lipinski definition) is 0. The van der Waals surface area contributed by atoms with Crippen LogP contribution < -0.4 is 0 Å². The lowest BCUT2D eigenvalue weighted by atomic mass is 9.96. The molecule has 2 aromatic heterocycles. The van der Waals surface area contributed by atoms with Gasteiger partial charge in [-0.05, 0) is 79.8 Å². The molecule has 8 aromatic carbocycles. The molecule has 0 atom stereocenters. The van der Waals surface area contributed by atoms with Crippen LogP contribution in [0.15, 0.2) is 168 Å². The van der Waals surface area contributed by atoms with E-state index in [1.165, 1.54) is 32.5 Å². The van der Waals surface area contributed by atoms with Crippen molar-refractivity contribution in [1.29, 1.82) is 0 Å². The molecular weight excluding hydrogens is 599 g/mol. The van der Waals surface area contributed by atoms with Crippen LogP contribution in [0, 0.1) is 0 Å². The van der Waals surface area contributed by atoms with Gasteiger partial charge in [0.15, 0.2) is 17.5 Å². The first-order valence-corrected chi connectivity index (χ1v) is 16.4. The molecule has 4 nitrogen and oxygen atoms in total. The number of furan rings is 1. The highest BCUT2D eigenvalue weighted by Crippen LogP contribution is 2.36. The molecule has 228 valence electrons. The van der Waals surface area contributed by atoms with Crippen LogP contribution in [-0.4, -0.2) is 15.0 Å². The van der Waals surface area contributed by atoms with Crippen LogP contribution in [0.4, 0.5) is 0 Å². The van der Waals surface area contributed by atoms with Gasteiger partial charge in [-0.25, -0.2) is 15.0 Å². The van der Waals surface area contributed by atoms with Crippen LogP contribution in [0.2, 0.25) is 0 Å². The third-order valence-corrected chi connectivity index (χ3v) is 9.48. The van der Waals surface area contributed by atoms with Crippen LogP contribution in [0.3, 0.4) is 0 Å². The standard InChI is InChI=1S/C45H27N3O/c1-2-10-31(11-3-1)43-46-44(35-19-14-28-8-4-5-12-32(28)24-35)48-45(47-43)36-20-22-38-40-26-34(21-23-41(40)49-42(38)27-36)33-18-17-30-16-15-29-9-6-7-13-37(29)39(30)25-33/h1-27H. The second-order valence-electron chi connectivity index (χ2n) is 12.5. The Bertz CT molecular complexity index is 2890. The van der Waals surface area contributed by atoms with Gasteiger partial charge in [-0.3, -0.25) is 0 Å². The van der Waals surface area contributed by atoms with Gasteiger partial charge in [0.05, 0.1) is 0 Å². The first-order chi connectivity index (χ1) is 24.2. The molecule has 0 bridgehead atoms. The molecule has 10 rings (SSSR count). The van der Waals surface area contributed by atoms with Crippen molar-refractivity contribution in [2.24, 2.45) is 0 Å². The van der Waals surface area contributed by atoms with Gasteiger partial charge in [-0.1, -0.05) is 127 Å². The zero-order chi connectivity index (χ0) is 32.3. The fourth-order valence-corrected chi connectivity index (χ4v) is 6.96. The molecule has 0 saturated carbocycles. The molecule has 0 aliphatic heterocycles. The molecule has 0 unspecified atom stereocenters. The van der Waals surface area contributed by atoms with E-state index >= 15 is 0 Å². The fourth-order valence-electron chi connectivity index (χ4n) is 6.96. The quantitative estimate of drug-likeness (QED) is 0.183. The average Bonchev–Trinajstić information content (AvgIpc) is 3.55. The van der Waals surface area contributed by atoms with Gasteiger partial charge in [0.2, 0.25) is 0 Å². The summed E-state index contributed by atoms with van der Waals surface area (Å²) in [5, 5.41) is 9.46. The maximum atomic E-state index is 6.44. The Morgan fingerprint density at radius 2 is 0.837 bits per heavy atom. The van der Waals surface area contributed by atoms with Gasteiger partial charge >= 0.3 is 0 Å².